The van der Waals surface area contributed by atoms with Gasteiger partial charge in [0, 0.05) is 25.1 Å². The van der Waals surface area contributed by atoms with Crippen molar-refractivity contribution in [2.24, 2.45) is 0 Å². The van der Waals surface area contributed by atoms with E-state index in [-0.39, 0.29) is 30.4 Å². The maximum absolute atomic E-state index is 13.1. The van der Waals surface area contributed by atoms with E-state index in [1.165, 1.54) is 9.47 Å². The average molecular weight is 459 g/mol. The molecule has 9 nitrogen and oxygen atoms in total. The number of unbranched alkanes of at least 4 members (excludes halogenated alkanes) is 3. The second-order valence-corrected chi connectivity index (χ2v) is 7.84. The number of H-pyrrole nitrogens is 1. The summed E-state index contributed by atoms with van der Waals surface area (Å²) in [6, 6.07) is 6.56. The zero-order chi connectivity index (χ0) is 24.4. The van der Waals surface area contributed by atoms with E-state index in [4.69, 9.17) is 10.5 Å². The van der Waals surface area contributed by atoms with Crippen molar-refractivity contribution in [3.63, 3.8) is 0 Å². The maximum Gasteiger partial charge on any atom is 0.330 e. The average Bonchev–Trinajstić information content (AvgIpc) is 2.81. The number of aromatic amines is 1. The lowest BCUT2D eigenvalue weighted by Crippen LogP contribution is -2.43. The zero-order valence-corrected chi connectivity index (χ0v) is 19.7. The molecule has 0 spiro atoms. The number of ketones is 1. The molecule has 0 aliphatic heterocycles. The van der Waals surface area contributed by atoms with E-state index in [2.05, 4.69) is 4.98 Å². The Morgan fingerprint density at radius 2 is 1.70 bits per heavy atom. The molecule has 0 aliphatic rings. The van der Waals surface area contributed by atoms with E-state index >= 15 is 0 Å². The first-order valence-corrected chi connectivity index (χ1v) is 11.5. The fourth-order valence-electron chi connectivity index (χ4n) is 3.42. The molecule has 1 amide bonds. The highest BCUT2D eigenvalue weighted by atomic mass is 16.5. The molecule has 9 heteroatoms. The minimum absolute atomic E-state index is 0.0209. The van der Waals surface area contributed by atoms with Crippen molar-refractivity contribution in [2.75, 3.05) is 23.8 Å². The molecule has 0 atom stereocenters. The van der Waals surface area contributed by atoms with E-state index in [9.17, 15) is 19.2 Å². The van der Waals surface area contributed by atoms with Crippen molar-refractivity contribution in [3.05, 3.63) is 50.7 Å². The number of nitrogens with zero attached hydrogens (tertiary/aromatic N) is 2. The SMILES string of the molecule is CCCCCN(C(=O)COc1ccc(C(=O)CC)cc1)c1c(N)n(CCCC)c(=O)[nH]c1=O. The molecule has 1 aromatic carbocycles. The van der Waals surface area contributed by atoms with Crippen molar-refractivity contribution >= 4 is 23.2 Å². The van der Waals surface area contributed by atoms with Gasteiger partial charge in [0.15, 0.2) is 18.1 Å². The highest BCUT2D eigenvalue weighted by Gasteiger charge is 2.24. The molecule has 2 rings (SSSR count). The summed E-state index contributed by atoms with van der Waals surface area (Å²) in [7, 11) is 0. The number of nitrogens with two attached hydrogens (primary N) is 1. The lowest BCUT2D eigenvalue weighted by Gasteiger charge is -2.24. The number of amides is 1. The predicted molar refractivity (Wildman–Crippen MR) is 129 cm³/mol. The topological polar surface area (TPSA) is 127 Å². The molecule has 0 unspecified atom stereocenters. The highest BCUT2D eigenvalue weighted by Crippen LogP contribution is 2.19. The molecule has 0 saturated heterocycles. The molecule has 180 valence electrons. The van der Waals surface area contributed by atoms with E-state index < -0.39 is 17.2 Å². The largest absolute Gasteiger partial charge is 0.484 e. The van der Waals surface area contributed by atoms with E-state index in [1.54, 1.807) is 31.2 Å². The number of nitrogens with one attached hydrogen (secondary N) is 1. The van der Waals surface area contributed by atoms with Gasteiger partial charge in [0.2, 0.25) is 0 Å². The zero-order valence-electron chi connectivity index (χ0n) is 19.7. The first kappa shape index (κ1) is 25.9. The number of hydrogen-bond acceptors (Lipinski definition) is 6. The molecule has 0 radical (unpaired) electrons. The predicted octanol–water partition coefficient (Wildman–Crippen LogP) is 3.11. The van der Waals surface area contributed by atoms with Crippen molar-refractivity contribution in [1.29, 1.82) is 0 Å². The molecule has 1 aromatic heterocycles. The number of anilines is 2. The Labute approximate surface area is 193 Å². The summed E-state index contributed by atoms with van der Waals surface area (Å²) >= 11 is 0. The lowest BCUT2D eigenvalue weighted by atomic mass is 10.1. The van der Waals surface area contributed by atoms with Crippen molar-refractivity contribution < 1.29 is 14.3 Å². The second-order valence-electron chi connectivity index (χ2n) is 7.84. The van der Waals surface area contributed by atoms with Gasteiger partial charge in [0.05, 0.1) is 0 Å². The van der Waals surface area contributed by atoms with Crippen LogP contribution in [0.2, 0.25) is 0 Å². The van der Waals surface area contributed by atoms with Gasteiger partial charge in [0.25, 0.3) is 11.5 Å². The summed E-state index contributed by atoms with van der Waals surface area (Å²) in [5, 5.41) is 0. The van der Waals surface area contributed by atoms with Gasteiger partial charge in [-0.1, -0.05) is 40.0 Å². The molecule has 0 aliphatic carbocycles. The molecule has 3 N–H and O–H groups in total. The van der Waals surface area contributed by atoms with Crippen LogP contribution in [0.15, 0.2) is 33.9 Å². The number of nitrogen functional groups attached to an aromatic ring is 1. The molecular weight excluding hydrogens is 424 g/mol. The van der Waals surface area contributed by atoms with Gasteiger partial charge in [-0.2, -0.15) is 0 Å². The number of Topliss-reactive ketones (excluding diaryl/α,β-unsaturated/α-hetero) is 1. The number of aromatic nitrogens is 2. The van der Waals surface area contributed by atoms with E-state index in [1.807, 2.05) is 13.8 Å². The number of benzene rings is 1. The maximum atomic E-state index is 13.1. The third-order valence-corrected chi connectivity index (χ3v) is 5.37. The van der Waals surface area contributed by atoms with Gasteiger partial charge in [-0.25, -0.2) is 4.79 Å². The van der Waals surface area contributed by atoms with Crippen LogP contribution in [-0.4, -0.2) is 34.4 Å². The van der Waals surface area contributed by atoms with Crippen LogP contribution < -0.4 is 26.6 Å². The number of ether oxygens (including phenoxy) is 1. The summed E-state index contributed by atoms with van der Waals surface area (Å²) in [5.74, 6) is -0.0193. The Kier molecular flexibility index (Phi) is 9.90. The minimum Gasteiger partial charge on any atom is -0.484 e. The Morgan fingerprint density at radius 3 is 2.30 bits per heavy atom. The van der Waals surface area contributed by atoms with Gasteiger partial charge < -0.3 is 15.4 Å². The van der Waals surface area contributed by atoms with Crippen LogP contribution in [0.25, 0.3) is 0 Å². The number of rotatable bonds is 13. The minimum atomic E-state index is -0.697. The molecule has 2 aromatic rings. The van der Waals surface area contributed by atoms with Crippen LogP contribution in [0.1, 0.15) is 69.7 Å². The number of hydrogen-bond donors (Lipinski definition) is 2. The fraction of sp³-hybridized carbons (Fsp3) is 0.500. The normalized spacial score (nSPS) is 10.8. The molecular formula is C24H34N4O5. The third kappa shape index (κ3) is 6.81. The molecule has 0 saturated carbocycles. The van der Waals surface area contributed by atoms with Crippen LogP contribution in [0.5, 0.6) is 5.75 Å². The highest BCUT2D eigenvalue weighted by molar-refractivity contribution is 5.97. The van der Waals surface area contributed by atoms with Gasteiger partial charge in [-0.3, -0.25) is 23.9 Å². The van der Waals surface area contributed by atoms with Crippen LogP contribution in [0.3, 0.4) is 0 Å². The first-order chi connectivity index (χ1) is 15.8. The summed E-state index contributed by atoms with van der Waals surface area (Å²) in [6.45, 7) is 6.11. The Bertz CT molecular complexity index is 1060. The molecule has 0 fully saturated rings. The van der Waals surface area contributed by atoms with Gasteiger partial charge in [-0.15, -0.1) is 0 Å². The van der Waals surface area contributed by atoms with Crippen LogP contribution in [0.4, 0.5) is 11.5 Å². The monoisotopic (exact) mass is 458 g/mol. The van der Waals surface area contributed by atoms with Crippen LogP contribution in [-0.2, 0) is 11.3 Å². The molecule has 0 bridgehead atoms. The van der Waals surface area contributed by atoms with E-state index in [0.29, 0.717) is 37.1 Å². The Hall–Kier alpha value is -3.36. The van der Waals surface area contributed by atoms with E-state index in [0.717, 1.165) is 19.3 Å². The van der Waals surface area contributed by atoms with Gasteiger partial charge >= 0.3 is 5.69 Å². The Morgan fingerprint density at radius 1 is 1.03 bits per heavy atom. The summed E-state index contributed by atoms with van der Waals surface area (Å²) < 4.78 is 6.92. The second kappa shape index (κ2) is 12.6. The lowest BCUT2D eigenvalue weighted by molar-refractivity contribution is -0.120. The molecule has 1 heterocycles. The fourth-order valence-corrected chi connectivity index (χ4v) is 3.42. The van der Waals surface area contributed by atoms with Crippen molar-refractivity contribution in [2.45, 2.75) is 65.8 Å². The van der Waals surface area contributed by atoms with Crippen molar-refractivity contribution in [1.82, 2.24) is 9.55 Å². The Balaban J connectivity index is 2.28. The smallest absolute Gasteiger partial charge is 0.330 e. The molecule has 33 heavy (non-hydrogen) atoms. The van der Waals surface area contributed by atoms with Gasteiger partial charge in [0.1, 0.15) is 11.6 Å². The van der Waals surface area contributed by atoms with Crippen molar-refractivity contribution in [3.8, 4) is 5.75 Å². The number of carbonyl (C=O) groups excluding carboxylic acids is 2. The van der Waals surface area contributed by atoms with Crippen LogP contribution >= 0.6 is 0 Å². The first-order valence-electron chi connectivity index (χ1n) is 11.5. The van der Waals surface area contributed by atoms with Gasteiger partial charge in [-0.05, 0) is 37.1 Å². The summed E-state index contributed by atoms with van der Waals surface area (Å²) in [6.07, 6.45) is 4.42. The third-order valence-electron chi connectivity index (χ3n) is 5.37. The summed E-state index contributed by atoms with van der Waals surface area (Å²) in [4.78, 5) is 53.4. The summed E-state index contributed by atoms with van der Waals surface area (Å²) in [5.41, 5.74) is 5.47. The number of carbonyl (C=O) groups is 2. The quantitative estimate of drug-likeness (QED) is 0.351. The van der Waals surface area contributed by atoms with Crippen LogP contribution in [0, 0.1) is 0 Å². The standard InChI is InChI=1S/C24H34N4O5/c1-4-7-9-15-27(21-22(25)28(14-8-5-2)24(32)26-23(21)31)20(30)16-33-18-12-10-17(11-13-18)19(29)6-3/h10-13H,4-9,14-16,25H2,1-3H3,(H,26,31,32).